The average molecular weight is 301 g/mol. The molecule has 5 heteroatoms. The molecule has 4 rings (SSSR count). The smallest absolute Gasteiger partial charge is 0.160 e. The van der Waals surface area contributed by atoms with Crippen LogP contribution in [0.2, 0.25) is 0 Å². The number of para-hydroxylation sites is 1. The van der Waals surface area contributed by atoms with Gasteiger partial charge in [-0.2, -0.15) is 0 Å². The van der Waals surface area contributed by atoms with Crippen LogP contribution >= 0.6 is 0 Å². The Morgan fingerprint density at radius 3 is 2.83 bits per heavy atom. The van der Waals surface area contributed by atoms with E-state index in [1.54, 1.807) is 24.8 Å². The van der Waals surface area contributed by atoms with Crippen molar-refractivity contribution in [3.8, 4) is 11.5 Å². The first-order valence-corrected chi connectivity index (χ1v) is 7.44. The molecular weight excluding hydrogens is 286 g/mol. The van der Waals surface area contributed by atoms with Crippen LogP contribution in [0.3, 0.4) is 0 Å². The predicted octanol–water partition coefficient (Wildman–Crippen LogP) is 3.25. The molecular formula is C18H15N5. The molecule has 0 fully saturated rings. The molecule has 112 valence electrons. The van der Waals surface area contributed by atoms with Crippen LogP contribution < -0.4 is 0 Å². The highest BCUT2D eigenvalue weighted by molar-refractivity contribution is 5.82. The molecule has 0 N–H and O–H groups in total. The van der Waals surface area contributed by atoms with Crippen LogP contribution in [0.5, 0.6) is 0 Å². The van der Waals surface area contributed by atoms with Gasteiger partial charge in [-0.1, -0.05) is 18.2 Å². The van der Waals surface area contributed by atoms with Crippen LogP contribution in [0.4, 0.5) is 0 Å². The van der Waals surface area contributed by atoms with E-state index in [0.29, 0.717) is 0 Å². The van der Waals surface area contributed by atoms with Crippen molar-refractivity contribution in [2.75, 3.05) is 0 Å². The highest BCUT2D eigenvalue weighted by Gasteiger charge is 2.10. The summed E-state index contributed by atoms with van der Waals surface area (Å²) in [5.41, 5.74) is 4.02. The molecule has 0 saturated carbocycles. The number of benzene rings is 1. The van der Waals surface area contributed by atoms with Gasteiger partial charge in [-0.05, 0) is 24.6 Å². The molecule has 3 aromatic heterocycles. The summed E-state index contributed by atoms with van der Waals surface area (Å²) < 4.78 is 2.09. The van der Waals surface area contributed by atoms with Crippen molar-refractivity contribution in [1.29, 1.82) is 0 Å². The normalized spacial score (nSPS) is 11.0. The van der Waals surface area contributed by atoms with Crippen LogP contribution in [0.25, 0.3) is 22.4 Å². The fourth-order valence-electron chi connectivity index (χ4n) is 2.79. The van der Waals surface area contributed by atoms with E-state index < -0.39 is 0 Å². The third-order valence-electron chi connectivity index (χ3n) is 3.78. The quantitative estimate of drug-likeness (QED) is 0.583. The molecule has 0 aliphatic carbocycles. The highest BCUT2D eigenvalue weighted by Crippen LogP contribution is 2.21. The van der Waals surface area contributed by atoms with Crippen molar-refractivity contribution in [2.45, 2.75) is 13.5 Å². The molecule has 0 spiro atoms. The topological polar surface area (TPSA) is 56.5 Å². The van der Waals surface area contributed by atoms with E-state index in [4.69, 9.17) is 0 Å². The number of pyridine rings is 1. The second-order valence-electron chi connectivity index (χ2n) is 5.41. The third kappa shape index (κ3) is 2.57. The van der Waals surface area contributed by atoms with E-state index in [1.807, 2.05) is 31.3 Å². The fourth-order valence-corrected chi connectivity index (χ4v) is 2.79. The van der Waals surface area contributed by atoms with E-state index >= 15 is 0 Å². The minimum absolute atomic E-state index is 0.718. The van der Waals surface area contributed by atoms with Crippen molar-refractivity contribution in [2.24, 2.45) is 0 Å². The van der Waals surface area contributed by atoms with Gasteiger partial charge in [-0.3, -0.25) is 9.97 Å². The van der Waals surface area contributed by atoms with Crippen molar-refractivity contribution in [3.05, 3.63) is 72.6 Å². The molecule has 0 bridgehead atoms. The summed E-state index contributed by atoms with van der Waals surface area (Å²) in [5, 5.41) is 1.16. The zero-order valence-corrected chi connectivity index (χ0v) is 12.7. The van der Waals surface area contributed by atoms with Gasteiger partial charge in [0.1, 0.15) is 5.69 Å². The monoisotopic (exact) mass is 301 g/mol. The van der Waals surface area contributed by atoms with Gasteiger partial charge in [0.2, 0.25) is 0 Å². The number of nitrogens with zero attached hydrogens (tertiary/aromatic N) is 5. The van der Waals surface area contributed by atoms with Crippen molar-refractivity contribution < 1.29 is 0 Å². The van der Waals surface area contributed by atoms with Gasteiger partial charge in [0.15, 0.2) is 5.82 Å². The summed E-state index contributed by atoms with van der Waals surface area (Å²) in [6.45, 7) is 2.74. The molecule has 1 aromatic carbocycles. The standard InChI is InChI=1S/C18H15N5/c1-13-10-14(15-4-2-3-5-16(15)22-13)12-23-9-8-21-18(23)17-11-19-6-7-20-17/h2-11H,12H2,1H3. The minimum atomic E-state index is 0.718. The maximum absolute atomic E-state index is 4.60. The second kappa shape index (κ2) is 5.61. The average Bonchev–Trinajstić information content (AvgIpc) is 3.04. The van der Waals surface area contributed by atoms with E-state index in [-0.39, 0.29) is 0 Å². The van der Waals surface area contributed by atoms with Crippen LogP contribution in [0.1, 0.15) is 11.3 Å². The number of hydrogen-bond acceptors (Lipinski definition) is 4. The van der Waals surface area contributed by atoms with E-state index in [0.717, 1.165) is 34.7 Å². The number of aromatic nitrogens is 5. The number of fused-ring (bicyclic) bond motifs is 1. The zero-order valence-electron chi connectivity index (χ0n) is 12.7. The first kappa shape index (κ1) is 13.6. The van der Waals surface area contributed by atoms with E-state index in [1.165, 1.54) is 5.56 Å². The Balaban J connectivity index is 1.80. The molecule has 0 amide bonds. The molecule has 0 aliphatic rings. The van der Waals surface area contributed by atoms with Crippen molar-refractivity contribution in [1.82, 2.24) is 24.5 Å². The Kier molecular flexibility index (Phi) is 3.31. The maximum Gasteiger partial charge on any atom is 0.160 e. The summed E-state index contributed by atoms with van der Waals surface area (Å²) in [5.74, 6) is 0.816. The summed E-state index contributed by atoms with van der Waals surface area (Å²) in [6, 6.07) is 10.3. The summed E-state index contributed by atoms with van der Waals surface area (Å²) in [6.07, 6.45) is 8.83. The third-order valence-corrected chi connectivity index (χ3v) is 3.78. The molecule has 0 atom stereocenters. The Hall–Kier alpha value is -3.08. The van der Waals surface area contributed by atoms with Crippen molar-refractivity contribution in [3.63, 3.8) is 0 Å². The summed E-state index contributed by atoms with van der Waals surface area (Å²) in [4.78, 5) is 17.5. The second-order valence-corrected chi connectivity index (χ2v) is 5.41. The molecule has 0 saturated heterocycles. The fraction of sp³-hybridized carbons (Fsp3) is 0.111. The highest BCUT2D eigenvalue weighted by atomic mass is 15.1. The van der Waals surface area contributed by atoms with Gasteiger partial charge in [0.05, 0.1) is 11.7 Å². The molecule has 4 aromatic rings. The Labute approximate surface area is 133 Å². The molecule has 0 aliphatic heterocycles. The summed E-state index contributed by atoms with van der Waals surface area (Å²) >= 11 is 0. The largest absolute Gasteiger partial charge is 0.325 e. The van der Waals surface area contributed by atoms with Crippen LogP contribution in [-0.2, 0) is 6.54 Å². The number of aryl methyl sites for hydroxylation is 1. The maximum atomic E-state index is 4.60. The van der Waals surface area contributed by atoms with Crippen molar-refractivity contribution >= 4 is 10.9 Å². The molecule has 3 heterocycles. The van der Waals surface area contributed by atoms with Gasteiger partial charge in [0.25, 0.3) is 0 Å². The molecule has 5 nitrogen and oxygen atoms in total. The van der Waals surface area contributed by atoms with Gasteiger partial charge < -0.3 is 4.57 Å². The predicted molar refractivity (Wildman–Crippen MR) is 88.8 cm³/mol. The van der Waals surface area contributed by atoms with E-state index in [9.17, 15) is 0 Å². The number of rotatable bonds is 3. The van der Waals surface area contributed by atoms with Gasteiger partial charge in [-0.25, -0.2) is 9.97 Å². The molecule has 0 unspecified atom stereocenters. The lowest BCUT2D eigenvalue weighted by Gasteiger charge is -2.11. The first-order chi connectivity index (χ1) is 11.3. The van der Waals surface area contributed by atoms with Gasteiger partial charge >= 0.3 is 0 Å². The summed E-state index contributed by atoms with van der Waals surface area (Å²) in [7, 11) is 0. The lowest BCUT2D eigenvalue weighted by atomic mass is 10.1. The van der Waals surface area contributed by atoms with Crippen LogP contribution in [-0.4, -0.2) is 24.5 Å². The van der Waals surface area contributed by atoms with Gasteiger partial charge in [0, 0.05) is 42.4 Å². The minimum Gasteiger partial charge on any atom is -0.325 e. The Morgan fingerprint density at radius 1 is 1.04 bits per heavy atom. The Bertz CT molecular complexity index is 959. The lowest BCUT2D eigenvalue weighted by molar-refractivity contribution is 0.806. The molecule has 23 heavy (non-hydrogen) atoms. The zero-order chi connectivity index (χ0) is 15.6. The van der Waals surface area contributed by atoms with Gasteiger partial charge in [-0.15, -0.1) is 0 Å². The first-order valence-electron chi connectivity index (χ1n) is 7.44. The number of imidazole rings is 1. The molecule has 0 radical (unpaired) electrons. The number of hydrogen-bond donors (Lipinski definition) is 0. The van der Waals surface area contributed by atoms with Crippen LogP contribution in [0.15, 0.2) is 61.3 Å². The SMILES string of the molecule is Cc1cc(Cn2ccnc2-c2cnccn2)c2ccccc2n1. The van der Waals surface area contributed by atoms with E-state index in [2.05, 4.69) is 36.6 Å². The lowest BCUT2D eigenvalue weighted by Crippen LogP contribution is -2.04. The Morgan fingerprint density at radius 2 is 1.96 bits per heavy atom. The van der Waals surface area contributed by atoms with Crippen LogP contribution in [0, 0.1) is 6.92 Å².